The van der Waals surface area contributed by atoms with Gasteiger partial charge in [0.25, 0.3) is 18.3 Å². The van der Waals surface area contributed by atoms with Gasteiger partial charge in [-0.15, -0.1) is 0 Å². The van der Waals surface area contributed by atoms with Crippen molar-refractivity contribution in [2.24, 2.45) is 4.99 Å². The number of hydrogen-bond donors (Lipinski definition) is 1. The molecule has 1 unspecified atom stereocenters. The number of benzene rings is 2. The largest absolute Gasteiger partial charge is 0.543 e. The molecule has 1 aromatic heterocycles. The highest BCUT2D eigenvalue weighted by atomic mass is 79.9. The Morgan fingerprint density at radius 2 is 1.62 bits per heavy atom. The number of Topliss-reactive ketones (excluding diaryl/α,β-unsaturated/α-hetero) is 1. The van der Waals surface area contributed by atoms with Crippen molar-refractivity contribution >= 4 is 54.1 Å². The highest BCUT2D eigenvalue weighted by Crippen LogP contribution is 2.40. The molecule has 0 saturated heterocycles. The number of aromatic nitrogens is 1. The van der Waals surface area contributed by atoms with Crippen molar-refractivity contribution in [1.29, 1.82) is 0 Å². The number of carbonyl (C=O) groups excluding carboxylic acids is 1. The molecule has 0 amide bonds. The molecule has 0 bridgehead atoms. The third-order valence-corrected chi connectivity index (χ3v) is 21.9. The van der Waals surface area contributed by atoms with E-state index in [-0.39, 0.29) is 32.5 Å². The van der Waals surface area contributed by atoms with Gasteiger partial charge >= 0.3 is 0 Å². The molecule has 12 heteroatoms. The van der Waals surface area contributed by atoms with E-state index in [4.69, 9.17) is 13.8 Å². The summed E-state index contributed by atoms with van der Waals surface area (Å²) in [5.41, 5.74) is 4.48. The molecule has 270 valence electrons. The van der Waals surface area contributed by atoms with E-state index in [1.54, 1.807) is 36.5 Å². The van der Waals surface area contributed by atoms with E-state index in [9.17, 15) is 13.2 Å². The van der Waals surface area contributed by atoms with Gasteiger partial charge in [0.05, 0.1) is 33.4 Å². The van der Waals surface area contributed by atoms with Crippen LogP contribution in [0.25, 0.3) is 0 Å². The maximum atomic E-state index is 14.4. The van der Waals surface area contributed by atoms with E-state index in [1.165, 1.54) is 3.97 Å². The Morgan fingerprint density at radius 1 is 0.980 bits per heavy atom. The van der Waals surface area contributed by atoms with Gasteiger partial charge in [0.1, 0.15) is 11.4 Å². The van der Waals surface area contributed by atoms with E-state index < -0.39 is 26.7 Å². The molecule has 2 aliphatic rings. The lowest BCUT2D eigenvalue weighted by Gasteiger charge is -2.38. The summed E-state index contributed by atoms with van der Waals surface area (Å²) in [6, 6.07) is 12.6. The average molecular weight is 799 g/mol. The van der Waals surface area contributed by atoms with Gasteiger partial charge in [-0.2, -0.15) is 0 Å². The van der Waals surface area contributed by atoms with Crippen LogP contribution in [0, 0.1) is 6.92 Å². The van der Waals surface area contributed by atoms with Gasteiger partial charge in [0.15, 0.2) is 8.32 Å². The highest BCUT2D eigenvalue weighted by molar-refractivity contribution is 9.10. The summed E-state index contributed by atoms with van der Waals surface area (Å²) < 4.78 is 43.4. The van der Waals surface area contributed by atoms with Crippen LogP contribution in [-0.2, 0) is 27.3 Å². The number of allylic oxidation sites excluding steroid dienone is 2. The molecule has 2 aromatic carbocycles. The maximum Gasteiger partial charge on any atom is 0.268 e. The van der Waals surface area contributed by atoms with Crippen LogP contribution in [-0.4, -0.2) is 59.7 Å². The molecule has 8 nitrogen and oxygen atoms in total. The van der Waals surface area contributed by atoms with E-state index in [2.05, 4.69) is 101 Å². The smallest absolute Gasteiger partial charge is 0.268 e. The first-order chi connectivity index (χ1) is 23.0. The molecule has 0 fully saturated rings. The molecule has 1 atom stereocenters. The number of nitrogens with one attached hydrogen (secondary N) is 1. The predicted octanol–water partition coefficient (Wildman–Crippen LogP) is 8.83. The summed E-state index contributed by atoms with van der Waals surface area (Å²) in [5, 5.41) is 3.57. The van der Waals surface area contributed by atoms with E-state index in [0.717, 1.165) is 26.9 Å². The standard InChI is InChI=1S/C38H52BrN3O5SSi2/c1-25-12-15-29(16-13-25)48(44,45)42-23-27-18-19-40-31-22-32(36(43)35(42)34(27)31)41-28(24-46-49(8,9)37(2,3)4)20-26-14-17-33(30(39)21-26)47-50(10,11)38(5,6)7/h12-17,21-23,28,41H,18-20,24H2,1-11H3. The summed E-state index contributed by atoms with van der Waals surface area (Å²) in [4.78, 5) is 19.3. The Hall–Kier alpha value is -2.78. The number of nitrogens with zero attached hydrogens (tertiary/aromatic N) is 2. The molecular weight excluding hydrogens is 747 g/mol. The summed E-state index contributed by atoms with van der Waals surface area (Å²) in [5.74, 6) is 0.446. The number of aryl methyl sites for hydroxylation is 1. The van der Waals surface area contributed by atoms with Crippen molar-refractivity contribution in [3.8, 4) is 5.75 Å². The predicted molar refractivity (Wildman–Crippen MR) is 211 cm³/mol. The fourth-order valence-electron chi connectivity index (χ4n) is 5.53. The van der Waals surface area contributed by atoms with Crippen molar-refractivity contribution in [2.75, 3.05) is 13.2 Å². The van der Waals surface area contributed by atoms with Crippen molar-refractivity contribution in [3.05, 3.63) is 92.9 Å². The summed E-state index contributed by atoms with van der Waals surface area (Å²) >= 11 is 3.77. The first-order valence-electron chi connectivity index (χ1n) is 17.3. The minimum Gasteiger partial charge on any atom is -0.543 e. The third-order valence-electron chi connectivity index (χ3n) is 10.8. The van der Waals surface area contributed by atoms with E-state index >= 15 is 0 Å². The molecule has 2 heterocycles. The molecule has 0 radical (unpaired) electrons. The second-order valence-electron chi connectivity index (χ2n) is 16.6. The van der Waals surface area contributed by atoms with Gasteiger partial charge in [0.2, 0.25) is 5.78 Å². The van der Waals surface area contributed by atoms with E-state index in [0.29, 0.717) is 43.0 Å². The molecule has 50 heavy (non-hydrogen) atoms. The third kappa shape index (κ3) is 7.69. The Kier molecular flexibility index (Phi) is 10.5. The zero-order valence-corrected chi connectivity index (χ0v) is 35.7. The summed E-state index contributed by atoms with van der Waals surface area (Å²) in [7, 11) is -8.24. The van der Waals surface area contributed by atoms with Crippen LogP contribution in [0.15, 0.2) is 74.8 Å². The van der Waals surface area contributed by atoms with Crippen molar-refractivity contribution in [1.82, 2.24) is 9.29 Å². The molecule has 1 aliphatic carbocycles. The number of aliphatic imine (C=N–C) groups is 1. The number of carbonyl (C=O) groups is 1. The monoisotopic (exact) mass is 797 g/mol. The van der Waals surface area contributed by atoms with Crippen LogP contribution in [0.2, 0.25) is 36.3 Å². The lowest BCUT2D eigenvalue weighted by molar-refractivity contribution is 0.101. The lowest BCUT2D eigenvalue weighted by Crippen LogP contribution is -2.46. The normalized spacial score (nSPS) is 16.0. The van der Waals surface area contributed by atoms with Crippen molar-refractivity contribution < 1.29 is 22.1 Å². The quantitative estimate of drug-likeness (QED) is 0.195. The Labute approximate surface area is 309 Å². The Bertz CT molecular complexity index is 1970. The minimum absolute atomic E-state index is 0.00344. The maximum absolute atomic E-state index is 14.4. The molecule has 5 rings (SSSR count). The van der Waals surface area contributed by atoms with Gasteiger partial charge in [0, 0.05) is 18.3 Å². The van der Waals surface area contributed by atoms with Crippen molar-refractivity contribution in [3.63, 3.8) is 0 Å². The first-order valence-corrected chi connectivity index (χ1v) is 25.3. The number of halogens is 1. The van der Waals surface area contributed by atoms with Crippen LogP contribution in [0.1, 0.15) is 74.3 Å². The lowest BCUT2D eigenvalue weighted by atomic mass is 9.92. The fourth-order valence-corrected chi connectivity index (χ4v) is 9.66. The van der Waals surface area contributed by atoms with Gasteiger partial charge in [-0.3, -0.25) is 9.79 Å². The van der Waals surface area contributed by atoms with Crippen LogP contribution in [0.4, 0.5) is 0 Å². The summed E-state index contributed by atoms with van der Waals surface area (Å²) in [6.45, 7) is 25.0. The topological polar surface area (TPSA) is 99.0 Å². The van der Waals surface area contributed by atoms with Gasteiger partial charge in [-0.1, -0.05) is 65.3 Å². The Morgan fingerprint density at radius 3 is 2.22 bits per heavy atom. The zero-order chi connectivity index (χ0) is 37.0. The second-order valence-corrected chi connectivity index (χ2v) is 28.8. The first kappa shape index (κ1) is 38.5. The van der Waals surface area contributed by atoms with Gasteiger partial charge < -0.3 is 14.2 Å². The molecule has 1 aliphatic heterocycles. The second kappa shape index (κ2) is 13.6. The molecule has 1 N–H and O–H groups in total. The zero-order valence-electron chi connectivity index (χ0n) is 31.3. The number of rotatable bonds is 11. The minimum atomic E-state index is -4.04. The molecule has 0 saturated carbocycles. The van der Waals surface area contributed by atoms with Crippen LogP contribution in [0.3, 0.4) is 0 Å². The van der Waals surface area contributed by atoms with Crippen LogP contribution in [0.5, 0.6) is 5.75 Å². The molecular formula is C38H52BrN3O5SSi2. The Balaban J connectivity index is 1.49. The summed E-state index contributed by atoms with van der Waals surface area (Å²) in [6.07, 6.45) is 4.51. The van der Waals surface area contributed by atoms with Gasteiger partial charge in [-0.05, 0) is 113 Å². The van der Waals surface area contributed by atoms with E-state index in [1.807, 2.05) is 13.0 Å². The number of ketones is 1. The SMILES string of the molecule is Cc1ccc(S(=O)(=O)n2cc3c4c2C(=O)C(NC(CO[Si](C)(C)C(C)(C)C)Cc2ccc(O[Si](C)(C)C(C)(C)C)c(Br)c2)=CC4=NCC3)cc1. The van der Waals surface area contributed by atoms with Crippen molar-refractivity contribution in [2.45, 2.75) is 109 Å². The van der Waals surface area contributed by atoms with Gasteiger partial charge in [-0.25, -0.2) is 12.4 Å². The highest BCUT2D eigenvalue weighted by Gasteiger charge is 2.41. The van der Waals surface area contributed by atoms with Crippen LogP contribution >= 0.6 is 15.9 Å². The molecule has 0 spiro atoms. The number of hydrogen-bond acceptors (Lipinski definition) is 7. The van der Waals surface area contributed by atoms with Crippen LogP contribution < -0.4 is 9.74 Å². The average Bonchev–Trinajstić information content (AvgIpc) is 3.41. The fraction of sp³-hybridized carbons (Fsp3) is 0.474. The molecule has 3 aromatic rings.